The summed E-state index contributed by atoms with van der Waals surface area (Å²) in [6.45, 7) is 4.56. The van der Waals surface area contributed by atoms with Crippen LogP contribution in [0, 0.1) is 5.41 Å². The largest absolute Gasteiger partial charge is 0.408 e. The molecule has 0 saturated heterocycles. The first-order valence-electron chi connectivity index (χ1n) is 7.78. The topological polar surface area (TPSA) is 56.2 Å². The molecule has 0 aromatic heterocycles. The maximum atomic E-state index is 13.8. The van der Waals surface area contributed by atoms with Crippen LogP contribution in [-0.2, 0) is 4.79 Å². The van der Waals surface area contributed by atoms with Crippen LogP contribution in [0.4, 0.5) is 13.2 Å². The third kappa shape index (κ3) is 5.75. The Kier molecular flexibility index (Phi) is 8.17. The number of alkyl halides is 3. The molecule has 1 rings (SSSR count). The van der Waals surface area contributed by atoms with Gasteiger partial charge in [0.05, 0.1) is 4.91 Å². The number of hydrogen-bond donors (Lipinski definition) is 2. The van der Waals surface area contributed by atoms with Gasteiger partial charge in [0.15, 0.2) is 0 Å². The number of amides is 1. The van der Waals surface area contributed by atoms with Gasteiger partial charge in [-0.3, -0.25) is 4.79 Å². The van der Waals surface area contributed by atoms with Crippen molar-refractivity contribution >= 4 is 35.2 Å². The smallest absolute Gasteiger partial charge is 0.355 e. The SMILES string of the molecule is CCN(S/C(C(C)=N)=C(\C)C(=O)NC)[C@H](c1ccc(Cl)cc1)C(F)(F)F. The summed E-state index contributed by atoms with van der Waals surface area (Å²) in [5.74, 6) is -0.440. The van der Waals surface area contributed by atoms with Crippen molar-refractivity contribution in [2.24, 2.45) is 0 Å². The fourth-order valence-corrected chi connectivity index (χ4v) is 3.49. The number of halogens is 4. The summed E-state index contributed by atoms with van der Waals surface area (Å²) in [5.41, 5.74) is 0.253. The maximum absolute atomic E-state index is 13.8. The third-order valence-corrected chi connectivity index (χ3v) is 5.30. The molecule has 9 heteroatoms. The van der Waals surface area contributed by atoms with E-state index in [9.17, 15) is 18.0 Å². The predicted molar refractivity (Wildman–Crippen MR) is 100 cm³/mol. The number of likely N-dealkylation sites (N-methyl/N-ethyl adjacent to an activating group) is 1. The Morgan fingerprint density at radius 1 is 1.31 bits per heavy atom. The second-order valence-corrected chi connectivity index (χ2v) is 6.97. The van der Waals surface area contributed by atoms with Gasteiger partial charge >= 0.3 is 6.18 Å². The van der Waals surface area contributed by atoms with Crippen molar-refractivity contribution < 1.29 is 18.0 Å². The van der Waals surface area contributed by atoms with E-state index in [4.69, 9.17) is 17.0 Å². The lowest BCUT2D eigenvalue weighted by Crippen LogP contribution is -2.35. The van der Waals surface area contributed by atoms with Gasteiger partial charge in [-0.1, -0.05) is 30.7 Å². The summed E-state index contributed by atoms with van der Waals surface area (Å²) < 4.78 is 42.5. The molecule has 2 N–H and O–H groups in total. The van der Waals surface area contributed by atoms with Crippen LogP contribution in [-0.4, -0.2) is 35.7 Å². The van der Waals surface area contributed by atoms with Crippen LogP contribution >= 0.6 is 23.5 Å². The molecule has 0 radical (unpaired) electrons. The van der Waals surface area contributed by atoms with E-state index < -0.39 is 18.1 Å². The molecular formula is C17H21ClF3N3OS. The minimum absolute atomic E-state index is 0.0200. The van der Waals surface area contributed by atoms with Gasteiger partial charge in [0, 0.05) is 29.9 Å². The highest BCUT2D eigenvalue weighted by atomic mass is 35.5. The molecule has 4 nitrogen and oxygen atoms in total. The number of hydrogen-bond acceptors (Lipinski definition) is 4. The van der Waals surface area contributed by atoms with E-state index in [0.717, 1.165) is 16.3 Å². The van der Waals surface area contributed by atoms with Crippen LogP contribution in [0.25, 0.3) is 0 Å². The van der Waals surface area contributed by atoms with Crippen molar-refractivity contribution in [2.45, 2.75) is 33.0 Å². The van der Waals surface area contributed by atoms with Gasteiger partial charge in [0.1, 0.15) is 6.04 Å². The van der Waals surface area contributed by atoms with Crippen molar-refractivity contribution in [2.75, 3.05) is 13.6 Å². The number of rotatable bonds is 7. The molecule has 1 atom stereocenters. The van der Waals surface area contributed by atoms with Crippen LogP contribution in [0.15, 0.2) is 34.7 Å². The Bertz CT molecular complexity index is 689. The van der Waals surface area contributed by atoms with Crippen LogP contribution in [0.5, 0.6) is 0 Å². The van der Waals surface area contributed by atoms with Gasteiger partial charge in [-0.15, -0.1) is 0 Å². The molecular weight excluding hydrogens is 387 g/mol. The van der Waals surface area contributed by atoms with Gasteiger partial charge in [-0.05, 0) is 43.5 Å². The first-order chi connectivity index (χ1) is 12.0. The van der Waals surface area contributed by atoms with Gasteiger partial charge < -0.3 is 10.7 Å². The van der Waals surface area contributed by atoms with Crippen LogP contribution in [0.2, 0.25) is 5.02 Å². The van der Waals surface area contributed by atoms with Crippen molar-refractivity contribution in [1.82, 2.24) is 9.62 Å². The molecule has 0 saturated carbocycles. The second kappa shape index (κ2) is 9.43. The molecule has 0 bridgehead atoms. The maximum Gasteiger partial charge on any atom is 0.408 e. The standard InChI is InChI=1S/C17H21ClF3N3OS/c1-5-24(26-14(11(3)22)10(2)16(25)23-4)15(17(19,20)21)12-6-8-13(18)9-7-12/h6-9,15,22H,5H2,1-4H3,(H,23,25)/b14-10+,22-11?/t15-/m1/s1. The quantitative estimate of drug-likeness (QED) is 0.381. The average molecular weight is 408 g/mol. The van der Waals surface area contributed by atoms with Gasteiger partial charge in [-0.25, -0.2) is 4.31 Å². The summed E-state index contributed by atoms with van der Waals surface area (Å²) in [7, 11) is 1.43. The minimum Gasteiger partial charge on any atom is -0.355 e. The number of nitrogens with one attached hydrogen (secondary N) is 2. The van der Waals surface area contributed by atoms with E-state index in [1.54, 1.807) is 6.92 Å². The second-order valence-electron chi connectivity index (χ2n) is 5.48. The van der Waals surface area contributed by atoms with Crippen molar-refractivity contribution in [1.29, 1.82) is 5.41 Å². The van der Waals surface area contributed by atoms with Crippen LogP contribution in [0.1, 0.15) is 32.4 Å². The lowest BCUT2D eigenvalue weighted by atomic mass is 10.1. The first-order valence-corrected chi connectivity index (χ1v) is 8.93. The Morgan fingerprint density at radius 2 is 1.85 bits per heavy atom. The van der Waals surface area contributed by atoms with Gasteiger partial charge in [0.25, 0.3) is 0 Å². The molecule has 0 heterocycles. The molecule has 144 valence electrons. The molecule has 0 fully saturated rings. The Labute approximate surface area is 160 Å². The van der Waals surface area contributed by atoms with Crippen LogP contribution in [0.3, 0.4) is 0 Å². The van der Waals surface area contributed by atoms with E-state index >= 15 is 0 Å². The highest BCUT2D eigenvalue weighted by Gasteiger charge is 2.45. The van der Waals surface area contributed by atoms with Crippen molar-refractivity contribution in [3.05, 3.63) is 45.3 Å². The third-order valence-electron chi connectivity index (χ3n) is 3.55. The molecule has 1 amide bonds. The normalized spacial score (nSPS) is 14.0. The minimum atomic E-state index is -4.54. The summed E-state index contributed by atoms with van der Waals surface area (Å²) in [5, 5.41) is 10.6. The molecule has 0 aliphatic rings. The van der Waals surface area contributed by atoms with Crippen molar-refractivity contribution in [3.63, 3.8) is 0 Å². The predicted octanol–water partition coefficient (Wildman–Crippen LogP) is 4.97. The molecule has 1 aromatic rings. The molecule has 1 aromatic carbocycles. The number of carbonyl (C=O) groups is 1. The van der Waals surface area contributed by atoms with Gasteiger partial charge in [-0.2, -0.15) is 13.2 Å². The monoisotopic (exact) mass is 407 g/mol. The fraction of sp³-hybridized carbons (Fsp3) is 0.412. The number of nitrogens with zero attached hydrogens (tertiary/aromatic N) is 1. The summed E-state index contributed by atoms with van der Waals surface area (Å²) >= 11 is 6.54. The molecule has 0 spiro atoms. The number of benzene rings is 1. The van der Waals surface area contributed by atoms with E-state index in [2.05, 4.69) is 5.32 Å². The first kappa shape index (κ1) is 22.5. The Balaban J connectivity index is 3.36. The van der Waals surface area contributed by atoms with Crippen molar-refractivity contribution in [3.8, 4) is 0 Å². The Hall–Kier alpha value is -1.51. The fourth-order valence-electron chi connectivity index (χ4n) is 2.29. The van der Waals surface area contributed by atoms with E-state index in [0.29, 0.717) is 5.02 Å². The zero-order valence-electron chi connectivity index (χ0n) is 14.9. The highest BCUT2D eigenvalue weighted by molar-refractivity contribution is 8.01. The van der Waals surface area contributed by atoms with E-state index in [-0.39, 0.29) is 28.3 Å². The lowest BCUT2D eigenvalue weighted by molar-refractivity contribution is -0.171. The van der Waals surface area contributed by atoms with Gasteiger partial charge in [0.2, 0.25) is 5.91 Å². The zero-order chi connectivity index (χ0) is 20.1. The van der Waals surface area contributed by atoms with E-state index in [1.807, 2.05) is 0 Å². The van der Waals surface area contributed by atoms with Crippen LogP contribution < -0.4 is 5.32 Å². The van der Waals surface area contributed by atoms with E-state index in [1.165, 1.54) is 45.2 Å². The molecule has 26 heavy (non-hydrogen) atoms. The summed E-state index contributed by atoms with van der Waals surface area (Å²) in [4.78, 5) is 12.1. The summed E-state index contributed by atoms with van der Waals surface area (Å²) in [6.07, 6.45) is -4.54. The highest BCUT2D eigenvalue weighted by Crippen LogP contribution is 2.43. The zero-order valence-corrected chi connectivity index (χ0v) is 16.4. The molecule has 0 aliphatic heterocycles. The summed E-state index contributed by atoms with van der Waals surface area (Å²) in [6, 6.07) is 3.57. The molecule has 0 aliphatic carbocycles. The molecule has 0 unspecified atom stereocenters. The lowest BCUT2D eigenvalue weighted by Gasteiger charge is -2.32. The number of carbonyl (C=O) groups excluding carboxylic acids is 1. The Morgan fingerprint density at radius 3 is 2.23 bits per heavy atom. The average Bonchev–Trinajstić information content (AvgIpc) is 2.57. The number of allylic oxidation sites excluding steroid dienone is 1.